The zero-order chi connectivity index (χ0) is 23.0. The maximum absolute atomic E-state index is 12.9. The van der Waals surface area contributed by atoms with Gasteiger partial charge in [0.2, 0.25) is 0 Å². The van der Waals surface area contributed by atoms with Crippen molar-refractivity contribution in [1.82, 2.24) is 24.6 Å². The highest BCUT2D eigenvalue weighted by molar-refractivity contribution is 6.40. The molecule has 4 saturated carbocycles. The summed E-state index contributed by atoms with van der Waals surface area (Å²) < 4.78 is 7.47. The molecule has 4 bridgehead atoms. The molecule has 1 saturated heterocycles. The number of nitrogens with zero attached hydrogens (tertiary/aromatic N) is 4. The van der Waals surface area contributed by atoms with E-state index in [9.17, 15) is 14.7 Å². The van der Waals surface area contributed by atoms with Crippen molar-refractivity contribution in [2.75, 3.05) is 31.6 Å². The minimum absolute atomic E-state index is 0.195. The number of ether oxygens (including phenoxy) is 1. The number of aliphatic hydroxyl groups is 1. The van der Waals surface area contributed by atoms with Gasteiger partial charge in [-0.25, -0.2) is 9.97 Å². The number of aromatic amines is 1. The third-order valence-corrected chi connectivity index (χ3v) is 8.47. The lowest BCUT2D eigenvalue weighted by molar-refractivity contribution is -0.148. The van der Waals surface area contributed by atoms with Crippen LogP contribution in [0.1, 0.15) is 38.1 Å². The topological polar surface area (TPSA) is 125 Å². The molecular formula is C24H28N6O4. The zero-order valence-corrected chi connectivity index (χ0v) is 18.9. The van der Waals surface area contributed by atoms with Crippen LogP contribution in [-0.4, -0.2) is 73.5 Å². The van der Waals surface area contributed by atoms with Crippen molar-refractivity contribution < 1.29 is 19.4 Å². The second-order valence-corrected chi connectivity index (χ2v) is 10.6. The molecule has 3 aromatic heterocycles. The van der Waals surface area contributed by atoms with Gasteiger partial charge in [0.25, 0.3) is 0 Å². The van der Waals surface area contributed by atoms with E-state index < -0.39 is 17.4 Å². The summed E-state index contributed by atoms with van der Waals surface area (Å²) in [4.78, 5) is 36.0. The average Bonchev–Trinajstić information content (AvgIpc) is 3.42. The van der Waals surface area contributed by atoms with E-state index in [4.69, 9.17) is 4.74 Å². The molecule has 1 aliphatic heterocycles. The lowest BCUT2D eigenvalue weighted by Crippen LogP contribution is -2.55. The lowest BCUT2D eigenvalue weighted by atomic mass is 9.52. The summed E-state index contributed by atoms with van der Waals surface area (Å²) in [6.07, 6.45) is 8.23. The molecule has 0 aromatic carbocycles. The van der Waals surface area contributed by atoms with Crippen LogP contribution in [0.3, 0.4) is 0 Å². The molecule has 34 heavy (non-hydrogen) atoms. The minimum atomic E-state index is -0.669. The van der Waals surface area contributed by atoms with E-state index in [-0.39, 0.29) is 6.04 Å². The molecule has 2 amide bonds. The molecule has 178 valence electrons. The molecular weight excluding hydrogens is 436 g/mol. The van der Waals surface area contributed by atoms with Crippen LogP contribution in [0.15, 0.2) is 18.5 Å². The highest BCUT2D eigenvalue weighted by atomic mass is 16.5. The van der Waals surface area contributed by atoms with E-state index in [2.05, 4.69) is 25.1 Å². The zero-order valence-electron chi connectivity index (χ0n) is 18.9. The first-order chi connectivity index (χ1) is 16.5. The van der Waals surface area contributed by atoms with Gasteiger partial charge in [0.15, 0.2) is 5.65 Å². The van der Waals surface area contributed by atoms with Crippen LogP contribution in [0.5, 0.6) is 0 Å². The van der Waals surface area contributed by atoms with Gasteiger partial charge in [-0.1, -0.05) is 0 Å². The van der Waals surface area contributed by atoms with Crippen LogP contribution in [0.2, 0.25) is 0 Å². The van der Waals surface area contributed by atoms with Gasteiger partial charge in [-0.05, 0) is 55.9 Å². The van der Waals surface area contributed by atoms with Gasteiger partial charge in [0.1, 0.15) is 5.82 Å². The van der Waals surface area contributed by atoms with Gasteiger partial charge >= 0.3 is 11.8 Å². The number of morpholine rings is 1. The van der Waals surface area contributed by atoms with Crippen LogP contribution in [-0.2, 0) is 14.3 Å². The largest absolute Gasteiger partial charge is 0.390 e. The Labute approximate surface area is 195 Å². The number of rotatable bonds is 2. The molecule has 5 atom stereocenters. The number of hydrogen-bond acceptors (Lipinski definition) is 6. The molecule has 3 unspecified atom stereocenters. The molecule has 8 rings (SSSR count). The standard InChI is InChI=1S/C24H28N6O4/c31-22(23(32)29-3-5-34-6-4-29)27-21-17-12-26-20-16(1-2-25-20)19(17)30(28-21)18-14-7-13-8-15(18)11-24(33,9-13)10-14/h1-2,12-15,18,28,33H,3-11H2,(H,27,31)/t13?,14-,15+,18?,24?. The molecule has 10 heteroatoms. The van der Waals surface area contributed by atoms with Crippen LogP contribution >= 0.6 is 0 Å². The van der Waals surface area contributed by atoms with Gasteiger partial charge in [0, 0.05) is 30.9 Å². The van der Waals surface area contributed by atoms with Crippen LogP contribution < -0.4 is 5.32 Å². The fourth-order valence-corrected chi connectivity index (χ4v) is 7.40. The lowest BCUT2D eigenvalue weighted by Gasteiger charge is -2.58. The first-order valence-corrected chi connectivity index (χ1v) is 12.2. The molecule has 5 aliphatic rings. The molecule has 0 radical (unpaired) electrons. The average molecular weight is 465 g/mol. The van der Waals surface area contributed by atoms with Crippen molar-refractivity contribution in [2.45, 2.75) is 43.7 Å². The maximum Gasteiger partial charge on any atom is 0.315 e. The maximum atomic E-state index is 12.9. The normalized spacial score (nSPS) is 32.6. The Bertz CT molecular complexity index is 1290. The number of carbonyl (C=O) groups excluding carboxylic acids is 2. The fraction of sp³-hybridized carbons (Fsp3) is 0.583. The van der Waals surface area contributed by atoms with E-state index in [0.717, 1.165) is 48.4 Å². The number of H-pyrrole nitrogens is 1. The molecule has 10 nitrogen and oxygen atoms in total. The molecule has 4 aliphatic carbocycles. The van der Waals surface area contributed by atoms with Crippen molar-refractivity contribution in [1.29, 1.82) is 0 Å². The summed E-state index contributed by atoms with van der Waals surface area (Å²) in [5.41, 5.74) is 1.07. The number of nitrogens with one attached hydrogen (secondary N) is 2. The Kier molecular flexibility index (Phi) is 4.35. The second kappa shape index (κ2) is 7.26. The smallest absolute Gasteiger partial charge is 0.315 e. The Balaban J connectivity index is 1.29. The number of aromatic nitrogens is 4. The van der Waals surface area contributed by atoms with Gasteiger partial charge < -0.3 is 20.1 Å². The molecule has 0 spiro atoms. The van der Waals surface area contributed by atoms with Crippen molar-refractivity contribution in [3.05, 3.63) is 18.5 Å². The van der Waals surface area contributed by atoms with Crippen LogP contribution in [0.25, 0.3) is 21.9 Å². The minimum Gasteiger partial charge on any atom is -0.390 e. The predicted octanol–water partition coefficient (Wildman–Crippen LogP) is 1.82. The third kappa shape index (κ3) is 3.01. The SMILES string of the molecule is O=C(Nc1[nH]n(C2[C@@H]3CC4C[C@H]2CC(O)(C4)C3)c2c1cnc1nccc12)C(=O)N1CCOCC1. The molecule has 3 aromatic rings. The summed E-state index contributed by atoms with van der Waals surface area (Å²) in [6.45, 7) is 1.70. The predicted molar refractivity (Wildman–Crippen MR) is 123 cm³/mol. The molecule has 3 N–H and O–H groups in total. The van der Waals surface area contributed by atoms with E-state index in [0.29, 0.717) is 55.5 Å². The highest BCUT2D eigenvalue weighted by Crippen LogP contribution is 2.60. The number of fused-ring (bicyclic) bond motifs is 3. The second-order valence-electron chi connectivity index (χ2n) is 10.6. The number of pyridine rings is 1. The number of amides is 2. The van der Waals surface area contributed by atoms with Gasteiger partial charge in [-0.15, -0.1) is 0 Å². The molecule has 4 heterocycles. The fourth-order valence-electron chi connectivity index (χ4n) is 7.40. The summed E-state index contributed by atoms with van der Waals surface area (Å²) in [6, 6.07) is 2.14. The monoisotopic (exact) mass is 464 g/mol. The van der Waals surface area contributed by atoms with Gasteiger partial charge in [-0.3, -0.25) is 19.4 Å². The van der Waals surface area contributed by atoms with Crippen molar-refractivity contribution in [3.8, 4) is 0 Å². The Hall–Kier alpha value is -2.98. The first-order valence-electron chi connectivity index (χ1n) is 12.2. The van der Waals surface area contributed by atoms with E-state index >= 15 is 0 Å². The molecule has 5 fully saturated rings. The number of carbonyl (C=O) groups is 2. The van der Waals surface area contributed by atoms with Crippen LogP contribution in [0, 0.1) is 17.8 Å². The Morgan fingerprint density at radius 1 is 1.12 bits per heavy atom. The summed E-state index contributed by atoms with van der Waals surface area (Å²) in [7, 11) is 0. The summed E-state index contributed by atoms with van der Waals surface area (Å²) in [5, 5.41) is 19.0. The van der Waals surface area contributed by atoms with Crippen LogP contribution in [0.4, 0.5) is 5.82 Å². The highest BCUT2D eigenvalue weighted by Gasteiger charge is 2.55. The quantitative estimate of drug-likeness (QED) is 0.497. The summed E-state index contributed by atoms with van der Waals surface area (Å²) >= 11 is 0. The Morgan fingerprint density at radius 3 is 2.62 bits per heavy atom. The van der Waals surface area contributed by atoms with E-state index in [1.54, 1.807) is 12.4 Å². The van der Waals surface area contributed by atoms with Gasteiger partial charge in [-0.2, -0.15) is 0 Å². The first kappa shape index (κ1) is 20.4. The van der Waals surface area contributed by atoms with Gasteiger partial charge in [0.05, 0.1) is 35.8 Å². The summed E-state index contributed by atoms with van der Waals surface area (Å²) in [5.74, 6) is 0.578. The van der Waals surface area contributed by atoms with Crippen molar-refractivity contribution in [2.24, 2.45) is 17.8 Å². The van der Waals surface area contributed by atoms with E-state index in [1.165, 1.54) is 4.90 Å². The van der Waals surface area contributed by atoms with E-state index in [1.807, 2.05) is 6.07 Å². The van der Waals surface area contributed by atoms with Crippen molar-refractivity contribution >= 4 is 39.6 Å². The Morgan fingerprint density at radius 2 is 1.88 bits per heavy atom. The number of anilines is 1. The third-order valence-electron chi connectivity index (χ3n) is 8.47. The van der Waals surface area contributed by atoms with Crippen molar-refractivity contribution in [3.63, 3.8) is 0 Å². The number of hydrogen-bond donors (Lipinski definition) is 3.